The van der Waals surface area contributed by atoms with E-state index in [0.717, 1.165) is 31.7 Å². The molecule has 2 heterocycles. The van der Waals surface area contributed by atoms with Gasteiger partial charge in [0.05, 0.1) is 18.1 Å². The van der Waals surface area contributed by atoms with Gasteiger partial charge in [-0.3, -0.25) is 10.1 Å². The molecule has 0 aromatic heterocycles. The molecule has 1 saturated carbocycles. The minimum absolute atomic E-state index is 0.0149. The number of hydrogen-bond donors (Lipinski definition) is 3. The summed E-state index contributed by atoms with van der Waals surface area (Å²) in [5.74, 6) is 1.09. The molecule has 2 aliphatic heterocycles. The molecule has 148 valence electrons. The van der Waals surface area contributed by atoms with Crippen LogP contribution in [0.3, 0.4) is 0 Å². The Bertz CT molecular complexity index is 484. The van der Waals surface area contributed by atoms with Gasteiger partial charge in [0.2, 0.25) is 5.91 Å². The largest absolute Gasteiger partial charge is 0.340 e. The first-order valence-corrected chi connectivity index (χ1v) is 10.7. The molecule has 0 aromatic rings. The van der Waals surface area contributed by atoms with Crippen LogP contribution in [0.5, 0.6) is 0 Å². The second-order valence-corrected chi connectivity index (χ2v) is 9.01. The van der Waals surface area contributed by atoms with Crippen LogP contribution in [0, 0.1) is 17.8 Å². The Morgan fingerprint density at radius 3 is 2.65 bits per heavy atom. The molecule has 26 heavy (non-hydrogen) atoms. The van der Waals surface area contributed by atoms with Crippen LogP contribution >= 0.6 is 11.6 Å². The van der Waals surface area contributed by atoms with Crippen LogP contribution in [0.2, 0.25) is 0 Å². The Labute approximate surface area is 161 Å². The van der Waals surface area contributed by atoms with Gasteiger partial charge in [-0.15, -0.1) is 18.2 Å². The van der Waals surface area contributed by atoms with Gasteiger partial charge in [-0.05, 0) is 56.9 Å². The zero-order chi connectivity index (χ0) is 18.5. The third-order valence-electron chi connectivity index (χ3n) is 6.34. The van der Waals surface area contributed by atoms with Crippen molar-refractivity contribution in [1.29, 1.82) is 0 Å². The van der Waals surface area contributed by atoms with Crippen molar-refractivity contribution < 1.29 is 9.18 Å². The number of piperidine rings is 2. The maximum atomic E-state index is 14.0. The van der Waals surface area contributed by atoms with Crippen LogP contribution in [0.1, 0.15) is 51.4 Å². The molecule has 3 N–H and O–H groups in total. The highest BCUT2D eigenvalue weighted by Gasteiger charge is 2.34. The van der Waals surface area contributed by atoms with Gasteiger partial charge in [-0.1, -0.05) is 18.9 Å². The maximum absolute atomic E-state index is 14.0. The topological polar surface area (TPSA) is 53.2 Å². The molecule has 0 radical (unpaired) electrons. The van der Waals surface area contributed by atoms with E-state index in [4.69, 9.17) is 11.6 Å². The fourth-order valence-corrected chi connectivity index (χ4v) is 5.19. The first-order chi connectivity index (χ1) is 12.5. The van der Waals surface area contributed by atoms with Gasteiger partial charge in [-0.25, -0.2) is 4.39 Å². The monoisotopic (exact) mass is 385 g/mol. The summed E-state index contributed by atoms with van der Waals surface area (Å²) >= 11 is 6.31. The zero-order valence-electron chi connectivity index (χ0n) is 15.6. The highest BCUT2D eigenvalue weighted by atomic mass is 35.5. The summed E-state index contributed by atoms with van der Waals surface area (Å²) in [4.78, 5) is 12.4. The Morgan fingerprint density at radius 1 is 1.15 bits per heavy atom. The molecule has 0 spiro atoms. The van der Waals surface area contributed by atoms with Crippen molar-refractivity contribution in [2.45, 2.75) is 75.1 Å². The van der Waals surface area contributed by atoms with Crippen molar-refractivity contribution in [3.05, 3.63) is 12.7 Å². The lowest BCUT2D eigenvalue weighted by Crippen LogP contribution is -2.55. The first kappa shape index (κ1) is 20.1. The predicted molar refractivity (Wildman–Crippen MR) is 104 cm³/mol. The summed E-state index contributed by atoms with van der Waals surface area (Å²) < 4.78 is 14.0. The highest BCUT2D eigenvalue weighted by molar-refractivity contribution is 6.20. The molecule has 4 nitrogen and oxygen atoms in total. The van der Waals surface area contributed by atoms with Crippen LogP contribution in [-0.2, 0) is 4.79 Å². The molecule has 7 unspecified atom stereocenters. The van der Waals surface area contributed by atoms with Crippen molar-refractivity contribution in [1.82, 2.24) is 16.0 Å². The first-order valence-electron chi connectivity index (χ1n) is 10.2. The molecule has 7 atom stereocenters. The number of halogens is 2. The molecule has 3 aliphatic rings. The third kappa shape index (κ3) is 5.43. The highest BCUT2D eigenvalue weighted by Crippen LogP contribution is 2.33. The van der Waals surface area contributed by atoms with Crippen molar-refractivity contribution in [2.75, 3.05) is 13.1 Å². The van der Waals surface area contributed by atoms with Crippen LogP contribution in [0.15, 0.2) is 12.7 Å². The lowest BCUT2D eigenvalue weighted by Gasteiger charge is -2.36. The molecule has 1 aliphatic carbocycles. The predicted octanol–water partition coefficient (Wildman–Crippen LogP) is 3.12. The van der Waals surface area contributed by atoms with E-state index in [1.165, 1.54) is 25.7 Å². The molecular formula is C20H33ClFN3O. The molecule has 6 heteroatoms. The molecule has 0 bridgehead atoms. The van der Waals surface area contributed by atoms with Crippen molar-refractivity contribution >= 4 is 17.5 Å². The van der Waals surface area contributed by atoms with E-state index in [2.05, 4.69) is 22.5 Å². The van der Waals surface area contributed by atoms with Gasteiger partial charge in [0.1, 0.15) is 6.17 Å². The lowest BCUT2D eigenvalue weighted by atomic mass is 9.80. The zero-order valence-corrected chi connectivity index (χ0v) is 16.3. The summed E-state index contributed by atoms with van der Waals surface area (Å²) in [5, 5.41) is 9.97. The molecule has 1 amide bonds. The van der Waals surface area contributed by atoms with Gasteiger partial charge in [-0.2, -0.15) is 0 Å². The average molecular weight is 386 g/mol. The average Bonchev–Trinajstić information content (AvgIpc) is 2.63. The van der Waals surface area contributed by atoms with E-state index in [-0.39, 0.29) is 30.5 Å². The summed E-state index contributed by atoms with van der Waals surface area (Å²) in [5.41, 5.74) is 0. The molecule has 2 saturated heterocycles. The number of nitrogens with one attached hydrogen (secondary N) is 3. The van der Waals surface area contributed by atoms with Gasteiger partial charge in [0, 0.05) is 11.9 Å². The van der Waals surface area contributed by atoms with Gasteiger partial charge in [0.15, 0.2) is 0 Å². The summed E-state index contributed by atoms with van der Waals surface area (Å²) in [7, 11) is 0. The Morgan fingerprint density at radius 2 is 2.00 bits per heavy atom. The van der Waals surface area contributed by atoms with E-state index in [1.807, 2.05) is 0 Å². The van der Waals surface area contributed by atoms with E-state index >= 15 is 0 Å². The van der Waals surface area contributed by atoms with Crippen LogP contribution in [0.25, 0.3) is 0 Å². The number of carbonyl (C=O) groups is 1. The molecule has 3 fully saturated rings. The van der Waals surface area contributed by atoms with Crippen LogP contribution in [-0.4, -0.2) is 42.8 Å². The standard InChI is InChI=1S/C20H33ClFN3O/c1-2-18-17(22)10-15(12-23-18)20(26)25-19-7-6-14(11-24-19)8-13-4-3-5-16(21)9-13/h2,13-19,23-24H,1,3-12H2,(H,25,26). The van der Waals surface area contributed by atoms with E-state index < -0.39 is 6.17 Å². The van der Waals surface area contributed by atoms with E-state index in [1.54, 1.807) is 6.08 Å². The van der Waals surface area contributed by atoms with Crippen molar-refractivity contribution in [3.8, 4) is 0 Å². The smallest absolute Gasteiger partial charge is 0.225 e. The Kier molecular flexibility index (Phi) is 7.35. The second-order valence-electron chi connectivity index (χ2n) is 8.40. The quantitative estimate of drug-likeness (QED) is 0.503. The van der Waals surface area contributed by atoms with Crippen molar-refractivity contribution in [2.24, 2.45) is 17.8 Å². The third-order valence-corrected chi connectivity index (χ3v) is 6.74. The summed E-state index contributed by atoms with van der Waals surface area (Å²) in [6.45, 7) is 5.09. The fourth-order valence-electron chi connectivity index (χ4n) is 4.78. The van der Waals surface area contributed by atoms with Crippen LogP contribution < -0.4 is 16.0 Å². The lowest BCUT2D eigenvalue weighted by molar-refractivity contribution is -0.127. The van der Waals surface area contributed by atoms with Gasteiger partial charge < -0.3 is 10.6 Å². The minimum Gasteiger partial charge on any atom is -0.340 e. The molecule has 3 rings (SSSR count). The van der Waals surface area contributed by atoms with Crippen LogP contribution in [0.4, 0.5) is 4.39 Å². The second kappa shape index (κ2) is 9.52. The Balaban J connectivity index is 1.37. The SMILES string of the molecule is C=CC1NCC(C(=O)NC2CCC(CC3CCCC(Cl)C3)CN2)CC1F. The number of rotatable bonds is 5. The van der Waals surface area contributed by atoms with Gasteiger partial charge >= 0.3 is 0 Å². The normalized spacial score (nSPS) is 41.4. The van der Waals surface area contributed by atoms with Gasteiger partial charge in [0.25, 0.3) is 0 Å². The summed E-state index contributed by atoms with van der Waals surface area (Å²) in [6, 6.07) is -0.333. The maximum Gasteiger partial charge on any atom is 0.225 e. The molecular weight excluding hydrogens is 353 g/mol. The number of alkyl halides is 2. The van der Waals surface area contributed by atoms with Crippen molar-refractivity contribution in [3.63, 3.8) is 0 Å². The van der Waals surface area contributed by atoms with E-state index in [0.29, 0.717) is 17.8 Å². The minimum atomic E-state index is -1.04. The number of carbonyl (C=O) groups excluding carboxylic acids is 1. The fraction of sp³-hybridized carbons (Fsp3) is 0.850. The molecule has 0 aromatic carbocycles. The number of hydrogen-bond acceptors (Lipinski definition) is 3. The van der Waals surface area contributed by atoms with E-state index in [9.17, 15) is 9.18 Å². The number of amides is 1. The summed E-state index contributed by atoms with van der Waals surface area (Å²) in [6.07, 6.45) is 9.04. The Hall–Kier alpha value is -0.650.